The van der Waals surface area contributed by atoms with Crippen molar-refractivity contribution in [1.29, 1.82) is 0 Å². The van der Waals surface area contributed by atoms with Crippen LogP contribution in [0, 0.1) is 0 Å². The number of anilines is 1. The number of hydrogen-bond acceptors (Lipinski definition) is 6. The van der Waals surface area contributed by atoms with Gasteiger partial charge in [0.15, 0.2) is 12.4 Å². The van der Waals surface area contributed by atoms with Gasteiger partial charge in [0.2, 0.25) is 5.91 Å². The molecule has 1 aliphatic rings. The highest BCUT2D eigenvalue weighted by atomic mass is 35.5. The number of carbonyl (C=O) groups excluding carboxylic acids is 3. The number of rotatable bonds is 5. The highest BCUT2D eigenvalue weighted by Gasteiger charge is 2.33. The number of halogens is 1. The van der Waals surface area contributed by atoms with Crippen molar-refractivity contribution in [3.05, 3.63) is 34.5 Å². The number of amides is 1. The van der Waals surface area contributed by atoms with Crippen molar-refractivity contribution in [2.45, 2.75) is 13.3 Å². The van der Waals surface area contributed by atoms with Gasteiger partial charge in [0, 0.05) is 32.3 Å². The van der Waals surface area contributed by atoms with Crippen molar-refractivity contribution in [1.82, 2.24) is 4.90 Å². The molecule has 7 nitrogen and oxygen atoms in total. The summed E-state index contributed by atoms with van der Waals surface area (Å²) in [7, 11) is 4.83. The van der Waals surface area contributed by atoms with E-state index in [9.17, 15) is 14.4 Å². The molecule has 1 aromatic rings. The average Bonchev–Trinajstić information content (AvgIpc) is 2.61. The van der Waals surface area contributed by atoms with Crippen LogP contribution in [-0.2, 0) is 14.3 Å². The largest absolute Gasteiger partial charge is 0.480 e. The van der Waals surface area contributed by atoms with Crippen LogP contribution in [-0.4, -0.2) is 56.9 Å². The molecule has 26 heavy (non-hydrogen) atoms. The van der Waals surface area contributed by atoms with Gasteiger partial charge in [0.25, 0.3) is 0 Å². The molecule has 1 amide bonds. The lowest BCUT2D eigenvalue weighted by atomic mass is 9.95. The molecule has 0 aromatic heterocycles. The lowest BCUT2D eigenvalue weighted by Crippen LogP contribution is -2.39. The third-order valence-corrected chi connectivity index (χ3v) is 4.19. The SMILES string of the molecule is CCC(=O)N1C/C(=C/N(C)C)C(=O)c2c1ccc(OCC(=O)OC)c2Cl. The molecule has 0 saturated carbocycles. The van der Waals surface area contributed by atoms with Crippen molar-refractivity contribution in [3.63, 3.8) is 0 Å². The topological polar surface area (TPSA) is 76.2 Å². The van der Waals surface area contributed by atoms with Gasteiger partial charge in [-0.1, -0.05) is 18.5 Å². The van der Waals surface area contributed by atoms with E-state index in [1.807, 2.05) is 0 Å². The fourth-order valence-corrected chi connectivity index (χ4v) is 2.91. The van der Waals surface area contributed by atoms with E-state index in [0.717, 1.165) is 0 Å². The Hall–Kier alpha value is -2.54. The van der Waals surface area contributed by atoms with Crippen LogP contribution in [0.15, 0.2) is 23.9 Å². The standard InChI is InChI=1S/C18H21ClN2O5/c1-5-14(22)21-9-11(8-20(2)3)18(24)16-12(21)6-7-13(17(16)19)26-10-15(23)25-4/h6-8H,5,9-10H2,1-4H3/b11-8-. The Balaban J connectivity index is 2.52. The van der Waals surface area contributed by atoms with Crippen LogP contribution in [0.2, 0.25) is 5.02 Å². The summed E-state index contributed by atoms with van der Waals surface area (Å²) in [6.45, 7) is 1.60. The number of benzene rings is 1. The molecule has 0 atom stereocenters. The maximum Gasteiger partial charge on any atom is 0.343 e. The summed E-state index contributed by atoms with van der Waals surface area (Å²) in [5.74, 6) is -0.787. The Morgan fingerprint density at radius 1 is 1.35 bits per heavy atom. The van der Waals surface area contributed by atoms with Crippen LogP contribution < -0.4 is 9.64 Å². The van der Waals surface area contributed by atoms with Gasteiger partial charge in [0.1, 0.15) is 5.75 Å². The highest BCUT2D eigenvalue weighted by molar-refractivity contribution is 6.38. The maximum absolute atomic E-state index is 12.9. The molecule has 0 bridgehead atoms. The summed E-state index contributed by atoms with van der Waals surface area (Å²) in [5, 5.41) is 0.0645. The van der Waals surface area contributed by atoms with Crippen LogP contribution in [0.5, 0.6) is 5.75 Å². The second kappa shape index (κ2) is 8.23. The minimum atomic E-state index is -0.568. The first-order valence-corrected chi connectivity index (χ1v) is 8.42. The van der Waals surface area contributed by atoms with Crippen molar-refractivity contribution in [3.8, 4) is 5.75 Å². The summed E-state index contributed by atoms with van der Waals surface area (Å²) in [4.78, 5) is 39.8. The summed E-state index contributed by atoms with van der Waals surface area (Å²) in [5.41, 5.74) is 1.07. The molecule has 0 saturated heterocycles. The van der Waals surface area contributed by atoms with E-state index < -0.39 is 5.97 Å². The molecule has 0 fully saturated rings. The number of hydrogen-bond donors (Lipinski definition) is 0. The first kappa shape index (κ1) is 19.8. The van der Waals surface area contributed by atoms with E-state index in [1.165, 1.54) is 18.1 Å². The van der Waals surface area contributed by atoms with Gasteiger partial charge in [-0.05, 0) is 12.1 Å². The molecule has 140 valence electrons. The fraction of sp³-hybridized carbons (Fsp3) is 0.389. The van der Waals surface area contributed by atoms with Crippen molar-refractivity contribution in [2.75, 3.05) is 39.3 Å². The van der Waals surface area contributed by atoms with Gasteiger partial charge in [0.05, 0.1) is 29.9 Å². The highest BCUT2D eigenvalue weighted by Crippen LogP contribution is 2.40. The molecule has 0 N–H and O–H groups in total. The predicted octanol–water partition coefficient (Wildman–Crippen LogP) is 2.28. The Kier molecular flexibility index (Phi) is 6.26. The fourth-order valence-electron chi connectivity index (χ4n) is 2.61. The van der Waals surface area contributed by atoms with E-state index in [2.05, 4.69) is 4.74 Å². The lowest BCUT2D eigenvalue weighted by molar-refractivity contribution is -0.142. The number of methoxy groups -OCH3 is 1. The Morgan fingerprint density at radius 3 is 2.62 bits per heavy atom. The van der Waals surface area contributed by atoms with E-state index >= 15 is 0 Å². The number of ketones is 1. The number of fused-ring (bicyclic) bond motifs is 1. The van der Waals surface area contributed by atoms with Gasteiger partial charge < -0.3 is 19.3 Å². The minimum Gasteiger partial charge on any atom is -0.480 e. The molecule has 0 unspecified atom stereocenters. The van der Waals surface area contributed by atoms with Crippen molar-refractivity contribution >= 4 is 34.9 Å². The summed E-state index contributed by atoms with van der Waals surface area (Å²) in [6, 6.07) is 3.14. The number of Topliss-reactive ketones (excluding diaryl/α,β-unsaturated/α-hetero) is 1. The predicted molar refractivity (Wildman–Crippen MR) is 97.7 cm³/mol. The van der Waals surface area contributed by atoms with E-state index in [1.54, 1.807) is 38.2 Å². The monoisotopic (exact) mass is 380 g/mol. The number of esters is 1. The molecule has 1 heterocycles. The summed E-state index contributed by atoms with van der Waals surface area (Å²) < 4.78 is 9.88. The Morgan fingerprint density at radius 2 is 2.04 bits per heavy atom. The molecule has 8 heteroatoms. The molecular weight excluding hydrogens is 360 g/mol. The smallest absolute Gasteiger partial charge is 0.343 e. The first-order chi connectivity index (χ1) is 12.3. The normalized spacial score (nSPS) is 14.9. The van der Waals surface area contributed by atoms with Gasteiger partial charge in [-0.2, -0.15) is 0 Å². The zero-order valence-electron chi connectivity index (χ0n) is 15.2. The van der Waals surface area contributed by atoms with Gasteiger partial charge in [-0.25, -0.2) is 4.79 Å². The number of ether oxygens (including phenoxy) is 2. The van der Waals surface area contributed by atoms with Crippen molar-refractivity contribution in [2.24, 2.45) is 0 Å². The van der Waals surface area contributed by atoms with Gasteiger partial charge in [-0.3, -0.25) is 9.59 Å². The Bertz CT molecular complexity index is 773. The van der Waals surface area contributed by atoms with Crippen LogP contribution >= 0.6 is 11.6 Å². The quantitative estimate of drug-likeness (QED) is 0.576. The van der Waals surface area contributed by atoms with Crippen LogP contribution in [0.3, 0.4) is 0 Å². The molecule has 0 spiro atoms. The van der Waals surface area contributed by atoms with E-state index in [4.69, 9.17) is 16.3 Å². The Labute approximate surface area is 157 Å². The van der Waals surface area contributed by atoms with Crippen LogP contribution in [0.4, 0.5) is 5.69 Å². The van der Waals surface area contributed by atoms with E-state index in [0.29, 0.717) is 17.7 Å². The summed E-state index contributed by atoms with van der Waals surface area (Å²) in [6.07, 6.45) is 1.96. The van der Waals surface area contributed by atoms with Crippen LogP contribution in [0.25, 0.3) is 0 Å². The molecular formula is C18H21ClN2O5. The zero-order valence-corrected chi connectivity index (χ0v) is 15.9. The minimum absolute atomic E-state index is 0.0645. The summed E-state index contributed by atoms with van der Waals surface area (Å²) >= 11 is 6.39. The molecule has 1 aliphatic heterocycles. The molecule has 2 rings (SSSR count). The third kappa shape index (κ3) is 3.99. The van der Waals surface area contributed by atoms with Crippen LogP contribution in [0.1, 0.15) is 23.7 Å². The third-order valence-electron chi connectivity index (χ3n) is 3.81. The average molecular weight is 381 g/mol. The second-order valence-electron chi connectivity index (χ2n) is 5.92. The van der Waals surface area contributed by atoms with Crippen molar-refractivity contribution < 1.29 is 23.9 Å². The molecule has 0 aliphatic carbocycles. The van der Waals surface area contributed by atoms with Gasteiger partial charge in [-0.15, -0.1) is 0 Å². The zero-order chi connectivity index (χ0) is 19.4. The molecule has 1 aromatic carbocycles. The second-order valence-corrected chi connectivity index (χ2v) is 6.30. The lowest BCUT2D eigenvalue weighted by Gasteiger charge is -2.31. The number of nitrogens with zero attached hydrogens (tertiary/aromatic N) is 2. The first-order valence-electron chi connectivity index (χ1n) is 8.04. The van der Waals surface area contributed by atoms with Gasteiger partial charge >= 0.3 is 5.97 Å². The van der Waals surface area contributed by atoms with E-state index in [-0.39, 0.29) is 41.2 Å². The number of carbonyl (C=O) groups is 3. The maximum atomic E-state index is 12.9. The molecule has 0 radical (unpaired) electrons.